The Labute approximate surface area is 167 Å². The van der Waals surface area contributed by atoms with Crippen LogP contribution in [0.1, 0.15) is 37.7 Å². The quantitative estimate of drug-likeness (QED) is 0.793. The van der Waals surface area contributed by atoms with E-state index >= 15 is 0 Å². The van der Waals surface area contributed by atoms with Crippen molar-refractivity contribution in [3.05, 3.63) is 23.8 Å². The van der Waals surface area contributed by atoms with Crippen LogP contribution in [0.5, 0.6) is 0 Å². The van der Waals surface area contributed by atoms with Crippen molar-refractivity contribution in [3.8, 4) is 0 Å². The largest absolute Gasteiger partial charge is 0.327 e. The summed E-state index contributed by atoms with van der Waals surface area (Å²) in [6.07, 6.45) is 6.00. The van der Waals surface area contributed by atoms with Crippen molar-refractivity contribution < 1.29 is 13.2 Å². The number of amides is 1. The third-order valence-electron chi connectivity index (χ3n) is 6.56. The van der Waals surface area contributed by atoms with Gasteiger partial charge in [-0.25, -0.2) is 13.1 Å². The first-order valence-corrected chi connectivity index (χ1v) is 11.0. The molecule has 2 saturated carbocycles. The monoisotopic (exact) mass is 413 g/mol. The van der Waals surface area contributed by atoms with Crippen molar-refractivity contribution in [1.82, 2.24) is 4.72 Å². The van der Waals surface area contributed by atoms with E-state index in [0.29, 0.717) is 18.4 Å². The van der Waals surface area contributed by atoms with Gasteiger partial charge in [-0.2, -0.15) is 0 Å². The summed E-state index contributed by atoms with van der Waals surface area (Å²) in [5.74, 6) is 1.07. The Balaban J connectivity index is 0.00000210. The van der Waals surface area contributed by atoms with Gasteiger partial charge in [0.2, 0.25) is 15.9 Å². The van der Waals surface area contributed by atoms with Gasteiger partial charge >= 0.3 is 0 Å². The third-order valence-corrected chi connectivity index (χ3v) is 7.97. The Morgan fingerprint density at radius 3 is 2.52 bits per heavy atom. The Kier molecular flexibility index (Phi) is 5.87. The van der Waals surface area contributed by atoms with Gasteiger partial charge in [0.1, 0.15) is 0 Å². The number of nitrogens with one attached hydrogen (secondary N) is 1. The van der Waals surface area contributed by atoms with E-state index in [1.54, 1.807) is 17.0 Å². The van der Waals surface area contributed by atoms with Gasteiger partial charge < -0.3 is 10.6 Å². The van der Waals surface area contributed by atoms with Gasteiger partial charge in [0.05, 0.1) is 4.90 Å². The number of sulfonamides is 1. The Morgan fingerprint density at radius 1 is 1.22 bits per heavy atom. The van der Waals surface area contributed by atoms with E-state index in [2.05, 4.69) is 4.72 Å². The van der Waals surface area contributed by atoms with Crippen LogP contribution in [-0.4, -0.2) is 34.0 Å². The lowest BCUT2D eigenvalue weighted by atomic mass is 9.65. The molecule has 3 aliphatic rings. The maximum Gasteiger partial charge on any atom is 0.240 e. The number of nitrogens with zero attached hydrogens (tertiary/aromatic N) is 1. The smallest absolute Gasteiger partial charge is 0.240 e. The van der Waals surface area contributed by atoms with Crippen molar-refractivity contribution >= 4 is 34.0 Å². The van der Waals surface area contributed by atoms with Crippen LogP contribution in [-0.2, 0) is 21.2 Å². The van der Waals surface area contributed by atoms with Crippen LogP contribution in [0.15, 0.2) is 23.1 Å². The molecule has 2 aliphatic carbocycles. The SMILES string of the molecule is CNS(=O)(=O)c1ccc2c(c1)N(C(=O)C1CC3CCCC(C1)C3N)CC2.Cl. The Bertz CT molecular complexity index is 815. The minimum absolute atomic E-state index is 0. The molecular formula is C19H28ClN3O3S. The lowest BCUT2D eigenvalue weighted by Gasteiger charge is -2.44. The number of carbonyl (C=O) groups excluding carboxylic acids is 1. The molecule has 1 aromatic carbocycles. The highest BCUT2D eigenvalue weighted by Gasteiger charge is 2.42. The topological polar surface area (TPSA) is 92.5 Å². The van der Waals surface area contributed by atoms with Crippen LogP contribution in [0.4, 0.5) is 5.69 Å². The van der Waals surface area contributed by atoms with Gasteiger partial charge in [-0.1, -0.05) is 12.5 Å². The number of carbonyl (C=O) groups is 1. The molecule has 0 saturated heterocycles. The van der Waals surface area contributed by atoms with E-state index in [-0.39, 0.29) is 35.2 Å². The summed E-state index contributed by atoms with van der Waals surface area (Å²) in [5, 5.41) is 0. The molecule has 2 bridgehead atoms. The number of rotatable bonds is 3. The molecule has 6 nitrogen and oxygen atoms in total. The first kappa shape index (κ1) is 20.6. The fourth-order valence-corrected chi connectivity index (χ4v) is 5.83. The predicted octanol–water partition coefficient (Wildman–Crippen LogP) is 2.06. The summed E-state index contributed by atoms with van der Waals surface area (Å²) in [7, 11) is -2.12. The zero-order valence-electron chi connectivity index (χ0n) is 15.6. The van der Waals surface area contributed by atoms with E-state index < -0.39 is 10.0 Å². The molecule has 3 N–H and O–H groups in total. The molecule has 0 radical (unpaired) electrons. The molecule has 8 heteroatoms. The second kappa shape index (κ2) is 7.70. The number of fused-ring (bicyclic) bond motifs is 3. The highest BCUT2D eigenvalue weighted by Crippen LogP contribution is 2.43. The summed E-state index contributed by atoms with van der Waals surface area (Å²) >= 11 is 0. The van der Waals surface area contributed by atoms with E-state index in [1.165, 1.54) is 13.5 Å². The molecule has 150 valence electrons. The van der Waals surface area contributed by atoms with Crippen molar-refractivity contribution in [1.29, 1.82) is 0 Å². The summed E-state index contributed by atoms with van der Waals surface area (Å²) in [4.78, 5) is 15.3. The van der Waals surface area contributed by atoms with Crippen LogP contribution >= 0.6 is 12.4 Å². The molecule has 1 amide bonds. The minimum Gasteiger partial charge on any atom is -0.327 e. The van der Waals surface area contributed by atoms with Gasteiger partial charge in [0.15, 0.2) is 0 Å². The highest BCUT2D eigenvalue weighted by molar-refractivity contribution is 7.89. The first-order chi connectivity index (χ1) is 12.4. The zero-order chi connectivity index (χ0) is 18.5. The van der Waals surface area contributed by atoms with Gasteiger partial charge in [-0.3, -0.25) is 4.79 Å². The van der Waals surface area contributed by atoms with Gasteiger partial charge in [-0.15, -0.1) is 12.4 Å². The molecule has 4 rings (SSSR count). The van der Waals surface area contributed by atoms with Gasteiger partial charge in [0.25, 0.3) is 0 Å². The van der Waals surface area contributed by atoms with E-state index in [0.717, 1.165) is 43.4 Å². The molecule has 1 aliphatic heterocycles. The summed E-state index contributed by atoms with van der Waals surface area (Å²) in [6, 6.07) is 5.33. The predicted molar refractivity (Wildman–Crippen MR) is 108 cm³/mol. The average Bonchev–Trinajstić information content (AvgIpc) is 3.04. The van der Waals surface area contributed by atoms with E-state index in [4.69, 9.17) is 5.73 Å². The molecule has 27 heavy (non-hydrogen) atoms. The number of hydrogen-bond donors (Lipinski definition) is 2. The van der Waals surface area contributed by atoms with Crippen molar-refractivity contribution in [2.75, 3.05) is 18.5 Å². The van der Waals surface area contributed by atoms with E-state index in [1.807, 2.05) is 6.07 Å². The number of hydrogen-bond acceptors (Lipinski definition) is 4. The third kappa shape index (κ3) is 3.62. The van der Waals surface area contributed by atoms with Crippen LogP contribution < -0.4 is 15.4 Å². The molecule has 2 unspecified atom stereocenters. The Morgan fingerprint density at radius 2 is 1.89 bits per heavy atom. The summed E-state index contributed by atoms with van der Waals surface area (Å²) in [5.41, 5.74) is 8.16. The van der Waals surface area contributed by atoms with Gasteiger partial charge in [0, 0.05) is 24.2 Å². The number of benzene rings is 1. The molecule has 1 heterocycles. The molecule has 2 atom stereocenters. The average molecular weight is 414 g/mol. The van der Waals surface area contributed by atoms with Crippen LogP contribution in [0.3, 0.4) is 0 Å². The van der Waals surface area contributed by atoms with E-state index in [9.17, 15) is 13.2 Å². The maximum absolute atomic E-state index is 13.3. The number of anilines is 1. The molecule has 1 aromatic rings. The normalized spacial score (nSPS) is 29.8. The lowest BCUT2D eigenvalue weighted by molar-refractivity contribution is -0.125. The standard InChI is InChI=1S/C19H27N3O3S.ClH/c1-21-26(24,25)16-6-5-12-7-8-22(17(12)11-16)19(23)15-9-13-3-2-4-14(10-15)18(13)20;/h5-6,11,13-15,18,21H,2-4,7-10,20H2,1H3;1H. The van der Waals surface area contributed by atoms with Crippen molar-refractivity contribution in [2.24, 2.45) is 23.5 Å². The van der Waals surface area contributed by atoms with Crippen molar-refractivity contribution in [3.63, 3.8) is 0 Å². The fraction of sp³-hybridized carbons (Fsp3) is 0.632. The Hall–Kier alpha value is -1.15. The summed E-state index contributed by atoms with van der Waals surface area (Å²) < 4.78 is 26.6. The molecular weight excluding hydrogens is 386 g/mol. The van der Waals surface area contributed by atoms with Gasteiger partial charge in [-0.05, 0) is 68.7 Å². The lowest BCUT2D eigenvalue weighted by Crippen LogP contribution is -2.49. The fourth-order valence-electron chi connectivity index (χ4n) is 5.08. The highest BCUT2D eigenvalue weighted by atomic mass is 35.5. The zero-order valence-corrected chi connectivity index (χ0v) is 17.2. The minimum atomic E-state index is -3.52. The first-order valence-electron chi connectivity index (χ1n) is 9.54. The van der Waals surface area contributed by atoms with Crippen molar-refractivity contribution in [2.45, 2.75) is 49.5 Å². The van der Waals surface area contributed by atoms with Crippen LogP contribution in [0.2, 0.25) is 0 Å². The number of nitrogens with two attached hydrogens (primary N) is 1. The van der Waals surface area contributed by atoms with Crippen LogP contribution in [0, 0.1) is 17.8 Å². The molecule has 0 spiro atoms. The number of halogens is 1. The molecule has 0 aromatic heterocycles. The second-order valence-electron chi connectivity index (χ2n) is 7.93. The maximum atomic E-state index is 13.3. The summed E-state index contributed by atoms with van der Waals surface area (Å²) in [6.45, 7) is 0.634. The van der Waals surface area contributed by atoms with Crippen LogP contribution in [0.25, 0.3) is 0 Å². The second-order valence-corrected chi connectivity index (χ2v) is 9.82. The molecule has 2 fully saturated rings.